The predicted octanol–water partition coefficient (Wildman–Crippen LogP) is 5.57. The molecule has 7 nitrogen and oxygen atoms in total. The number of aryl methyl sites for hydroxylation is 1. The molecule has 0 unspecified atom stereocenters. The van der Waals surface area contributed by atoms with E-state index in [9.17, 15) is 4.79 Å². The molecule has 2 aliphatic rings. The average Bonchev–Trinajstić information content (AvgIpc) is 3.33. The van der Waals surface area contributed by atoms with E-state index in [1.165, 1.54) is 5.56 Å². The van der Waals surface area contributed by atoms with Crippen LogP contribution >= 0.6 is 34.8 Å². The van der Waals surface area contributed by atoms with E-state index in [0.29, 0.717) is 33.9 Å². The Morgan fingerprint density at radius 1 is 0.972 bits per heavy atom. The summed E-state index contributed by atoms with van der Waals surface area (Å²) in [4.78, 5) is 24.3. The number of benzene rings is 2. The summed E-state index contributed by atoms with van der Waals surface area (Å²) >= 11 is 18.4. The SMILES string of the molecule is Cc1ccc(Cl)cc1N1CCN(C(=O)C2CCN(Cc3nc(-c4ccc(Cl)cc4Cl)no3)CC2)CC1. The maximum absolute atomic E-state index is 13.2. The molecule has 0 aliphatic carbocycles. The van der Waals surface area contributed by atoms with Crippen LogP contribution in [0.3, 0.4) is 0 Å². The molecule has 1 aromatic heterocycles. The number of halogens is 3. The summed E-state index contributed by atoms with van der Waals surface area (Å²) in [6, 6.07) is 11.2. The maximum atomic E-state index is 13.2. The summed E-state index contributed by atoms with van der Waals surface area (Å²) in [7, 11) is 0. The summed E-state index contributed by atoms with van der Waals surface area (Å²) in [5.41, 5.74) is 3.05. The van der Waals surface area contributed by atoms with E-state index in [-0.39, 0.29) is 11.8 Å². The zero-order chi connectivity index (χ0) is 25.2. The molecule has 5 rings (SSSR count). The van der Waals surface area contributed by atoms with Gasteiger partial charge in [-0.05, 0) is 68.8 Å². The monoisotopic (exact) mass is 547 g/mol. The van der Waals surface area contributed by atoms with Crippen LogP contribution in [-0.4, -0.2) is 65.1 Å². The van der Waals surface area contributed by atoms with Gasteiger partial charge in [0.15, 0.2) is 0 Å². The number of carbonyl (C=O) groups excluding carboxylic acids is 1. The lowest BCUT2D eigenvalue weighted by atomic mass is 9.95. The lowest BCUT2D eigenvalue weighted by Crippen LogP contribution is -2.51. The Kier molecular flexibility index (Phi) is 7.72. The lowest BCUT2D eigenvalue weighted by Gasteiger charge is -2.39. The Morgan fingerprint density at radius 2 is 1.67 bits per heavy atom. The van der Waals surface area contributed by atoms with Crippen molar-refractivity contribution >= 4 is 46.4 Å². The highest BCUT2D eigenvalue weighted by Crippen LogP contribution is 2.29. The predicted molar refractivity (Wildman–Crippen MR) is 143 cm³/mol. The molecular weight excluding hydrogens is 521 g/mol. The number of aromatic nitrogens is 2. The van der Waals surface area contributed by atoms with E-state index in [1.54, 1.807) is 18.2 Å². The van der Waals surface area contributed by atoms with Crippen molar-refractivity contribution < 1.29 is 9.32 Å². The van der Waals surface area contributed by atoms with Crippen molar-refractivity contribution in [1.29, 1.82) is 0 Å². The quantitative estimate of drug-likeness (QED) is 0.416. The maximum Gasteiger partial charge on any atom is 0.241 e. The van der Waals surface area contributed by atoms with Crippen molar-refractivity contribution in [2.24, 2.45) is 5.92 Å². The summed E-state index contributed by atoms with van der Waals surface area (Å²) in [5.74, 6) is 1.32. The lowest BCUT2D eigenvalue weighted by molar-refractivity contribution is -0.137. The Balaban J connectivity index is 1.11. The summed E-state index contributed by atoms with van der Waals surface area (Å²) in [5, 5.41) is 5.86. The molecule has 2 aromatic carbocycles. The van der Waals surface area contributed by atoms with Crippen molar-refractivity contribution in [3.05, 3.63) is 62.9 Å². The smallest absolute Gasteiger partial charge is 0.241 e. The van der Waals surface area contributed by atoms with E-state index in [1.807, 2.05) is 23.1 Å². The van der Waals surface area contributed by atoms with Crippen molar-refractivity contribution in [1.82, 2.24) is 19.9 Å². The van der Waals surface area contributed by atoms with Gasteiger partial charge in [0.25, 0.3) is 0 Å². The third kappa shape index (κ3) is 5.65. The van der Waals surface area contributed by atoms with Crippen LogP contribution < -0.4 is 4.90 Å². The molecule has 10 heteroatoms. The van der Waals surface area contributed by atoms with Crippen molar-refractivity contribution in [2.75, 3.05) is 44.2 Å². The van der Waals surface area contributed by atoms with E-state index in [2.05, 4.69) is 26.9 Å². The molecule has 2 aliphatic heterocycles. The minimum absolute atomic E-state index is 0.0619. The standard InChI is InChI=1S/C26H28Cl3N5O2/c1-17-2-3-20(28)15-23(17)33-10-12-34(13-11-33)26(35)18-6-8-32(9-7-18)16-24-30-25(31-36-24)21-5-4-19(27)14-22(21)29/h2-5,14-15,18H,6-13,16H2,1H3. The van der Waals surface area contributed by atoms with Gasteiger partial charge in [0.1, 0.15) is 0 Å². The number of hydrogen-bond acceptors (Lipinski definition) is 6. The number of anilines is 1. The molecule has 190 valence electrons. The molecule has 1 amide bonds. The second kappa shape index (κ2) is 11.0. The second-order valence-electron chi connectivity index (χ2n) is 9.43. The van der Waals surface area contributed by atoms with Crippen LogP contribution in [0.15, 0.2) is 40.9 Å². The van der Waals surface area contributed by atoms with E-state index in [4.69, 9.17) is 39.3 Å². The normalized spacial score (nSPS) is 17.6. The van der Waals surface area contributed by atoms with Crippen molar-refractivity contribution in [2.45, 2.75) is 26.3 Å². The number of piperidine rings is 1. The van der Waals surface area contributed by atoms with Gasteiger partial charge in [-0.1, -0.05) is 46.0 Å². The fourth-order valence-electron chi connectivity index (χ4n) is 4.98. The third-order valence-electron chi connectivity index (χ3n) is 7.04. The van der Waals surface area contributed by atoms with Gasteiger partial charge >= 0.3 is 0 Å². The summed E-state index contributed by atoms with van der Waals surface area (Å²) in [6.45, 7) is 7.41. The molecule has 2 saturated heterocycles. The van der Waals surface area contributed by atoms with E-state index < -0.39 is 0 Å². The molecule has 2 fully saturated rings. The number of amides is 1. The molecule has 0 atom stereocenters. The number of likely N-dealkylation sites (tertiary alicyclic amines) is 1. The Labute approximate surface area is 225 Å². The zero-order valence-corrected chi connectivity index (χ0v) is 22.4. The minimum Gasteiger partial charge on any atom is -0.368 e. The number of nitrogens with zero attached hydrogens (tertiary/aromatic N) is 5. The number of rotatable bonds is 5. The summed E-state index contributed by atoms with van der Waals surface area (Å²) in [6.07, 6.45) is 1.66. The van der Waals surface area contributed by atoms with E-state index in [0.717, 1.165) is 62.8 Å². The average molecular weight is 549 g/mol. The Morgan fingerprint density at radius 3 is 2.39 bits per heavy atom. The van der Waals surface area contributed by atoms with Crippen molar-refractivity contribution in [3.63, 3.8) is 0 Å². The Bertz CT molecular complexity index is 1230. The largest absolute Gasteiger partial charge is 0.368 e. The number of piperazine rings is 1. The fraction of sp³-hybridized carbons (Fsp3) is 0.423. The van der Waals surface area contributed by atoms with Crippen LogP contribution in [0.5, 0.6) is 0 Å². The van der Waals surface area contributed by atoms with Crippen LogP contribution in [-0.2, 0) is 11.3 Å². The number of hydrogen-bond donors (Lipinski definition) is 0. The topological polar surface area (TPSA) is 65.7 Å². The van der Waals surface area contributed by atoms with Gasteiger partial charge in [-0.3, -0.25) is 9.69 Å². The first kappa shape index (κ1) is 25.3. The highest BCUT2D eigenvalue weighted by atomic mass is 35.5. The highest BCUT2D eigenvalue weighted by Gasteiger charge is 2.31. The molecule has 3 aromatic rings. The molecule has 0 bridgehead atoms. The van der Waals surface area contributed by atoms with Crippen LogP contribution in [0.2, 0.25) is 15.1 Å². The molecule has 36 heavy (non-hydrogen) atoms. The van der Waals surface area contributed by atoms with E-state index >= 15 is 0 Å². The first-order valence-electron chi connectivity index (χ1n) is 12.2. The molecular formula is C26H28Cl3N5O2. The van der Waals surface area contributed by atoms with Crippen LogP contribution in [0.4, 0.5) is 5.69 Å². The van der Waals surface area contributed by atoms with Crippen LogP contribution in [0.25, 0.3) is 11.4 Å². The summed E-state index contributed by atoms with van der Waals surface area (Å²) < 4.78 is 5.46. The van der Waals surface area contributed by atoms with Gasteiger partial charge in [-0.25, -0.2) is 0 Å². The molecule has 0 radical (unpaired) electrons. The number of carbonyl (C=O) groups is 1. The first-order valence-corrected chi connectivity index (χ1v) is 13.3. The molecule has 0 saturated carbocycles. The Hall–Kier alpha value is -2.32. The third-order valence-corrected chi connectivity index (χ3v) is 7.82. The van der Waals surface area contributed by atoms with Gasteiger partial charge in [-0.15, -0.1) is 0 Å². The first-order chi connectivity index (χ1) is 17.4. The van der Waals surface area contributed by atoms with Gasteiger partial charge in [0, 0.05) is 53.4 Å². The molecule has 0 N–H and O–H groups in total. The molecule has 3 heterocycles. The minimum atomic E-state index is 0.0619. The van der Waals surface area contributed by atoms with Gasteiger partial charge in [-0.2, -0.15) is 4.98 Å². The van der Waals surface area contributed by atoms with Crippen molar-refractivity contribution in [3.8, 4) is 11.4 Å². The van der Waals surface area contributed by atoms with Crippen LogP contribution in [0, 0.1) is 12.8 Å². The van der Waals surface area contributed by atoms with Gasteiger partial charge in [0.05, 0.1) is 11.6 Å². The molecule has 0 spiro atoms. The highest BCUT2D eigenvalue weighted by molar-refractivity contribution is 6.36. The zero-order valence-electron chi connectivity index (χ0n) is 20.1. The second-order valence-corrected chi connectivity index (χ2v) is 10.7. The van der Waals surface area contributed by atoms with Crippen LogP contribution in [0.1, 0.15) is 24.3 Å². The fourth-order valence-corrected chi connectivity index (χ4v) is 5.64. The van der Waals surface area contributed by atoms with Gasteiger partial charge in [0.2, 0.25) is 17.6 Å². The van der Waals surface area contributed by atoms with Gasteiger partial charge < -0.3 is 14.3 Å².